The number of carbonyl (C=O) groups excluding carboxylic acids is 1. The van der Waals surface area contributed by atoms with Crippen LogP contribution in [-0.2, 0) is 4.79 Å². The van der Waals surface area contributed by atoms with Crippen LogP contribution in [0.5, 0.6) is 0 Å². The molecule has 0 saturated heterocycles. The Bertz CT molecular complexity index is 184. The Morgan fingerprint density at radius 1 is 1.25 bits per heavy atom. The summed E-state index contributed by atoms with van der Waals surface area (Å²) in [5.74, 6) is 1.09. The van der Waals surface area contributed by atoms with Crippen molar-refractivity contribution in [1.82, 2.24) is 10.6 Å². The quantitative estimate of drug-likeness (QED) is 0.548. The molecule has 4 heteroatoms. The first kappa shape index (κ1) is 15.4. The Kier molecular flexibility index (Phi) is 9.24. The summed E-state index contributed by atoms with van der Waals surface area (Å²) < 4.78 is 0. The maximum Gasteiger partial charge on any atom is 0.233 e. The van der Waals surface area contributed by atoms with Crippen LogP contribution in [0.3, 0.4) is 0 Å². The molecule has 0 aromatic carbocycles. The molecule has 0 aliphatic rings. The Balaban J connectivity index is 3.36. The van der Waals surface area contributed by atoms with E-state index in [1.807, 2.05) is 0 Å². The van der Waals surface area contributed by atoms with E-state index in [0.29, 0.717) is 18.4 Å². The van der Waals surface area contributed by atoms with Crippen molar-refractivity contribution < 1.29 is 9.90 Å². The standard InChI is InChI=1S/C12H26N2O2/c1-10(2)4-6-14-12(16)9-13-8-11(3)5-7-15/h10-11,13,15H,4-9H2,1-3H3,(H,14,16). The van der Waals surface area contributed by atoms with E-state index in [-0.39, 0.29) is 12.5 Å². The summed E-state index contributed by atoms with van der Waals surface area (Å²) in [6.07, 6.45) is 1.80. The van der Waals surface area contributed by atoms with Crippen LogP contribution in [-0.4, -0.2) is 37.3 Å². The van der Waals surface area contributed by atoms with Crippen molar-refractivity contribution in [3.05, 3.63) is 0 Å². The molecule has 0 aliphatic heterocycles. The Labute approximate surface area is 98.8 Å². The monoisotopic (exact) mass is 230 g/mol. The second-order valence-electron chi connectivity index (χ2n) is 4.78. The van der Waals surface area contributed by atoms with Gasteiger partial charge in [-0.05, 0) is 31.2 Å². The number of hydrogen-bond acceptors (Lipinski definition) is 3. The van der Waals surface area contributed by atoms with Crippen LogP contribution in [0.1, 0.15) is 33.6 Å². The van der Waals surface area contributed by atoms with E-state index in [0.717, 1.165) is 25.9 Å². The minimum atomic E-state index is 0.0526. The highest BCUT2D eigenvalue weighted by Gasteiger charge is 2.03. The summed E-state index contributed by atoms with van der Waals surface area (Å²) >= 11 is 0. The summed E-state index contributed by atoms with van der Waals surface area (Å²) in [5, 5.41) is 14.7. The number of aliphatic hydroxyl groups is 1. The van der Waals surface area contributed by atoms with Gasteiger partial charge in [0.25, 0.3) is 0 Å². The molecule has 0 aliphatic carbocycles. The summed E-state index contributed by atoms with van der Waals surface area (Å²) in [5.41, 5.74) is 0. The molecule has 0 radical (unpaired) electrons. The minimum absolute atomic E-state index is 0.0526. The van der Waals surface area contributed by atoms with Crippen LogP contribution >= 0.6 is 0 Å². The van der Waals surface area contributed by atoms with Gasteiger partial charge in [0, 0.05) is 13.2 Å². The van der Waals surface area contributed by atoms with Crippen molar-refractivity contribution in [2.75, 3.05) is 26.2 Å². The molecule has 96 valence electrons. The lowest BCUT2D eigenvalue weighted by atomic mass is 10.1. The zero-order valence-electron chi connectivity index (χ0n) is 10.8. The third-order valence-corrected chi connectivity index (χ3v) is 2.44. The Morgan fingerprint density at radius 2 is 1.94 bits per heavy atom. The first-order valence-corrected chi connectivity index (χ1v) is 6.14. The summed E-state index contributed by atoms with van der Waals surface area (Å²) in [7, 11) is 0. The highest BCUT2D eigenvalue weighted by atomic mass is 16.3. The lowest BCUT2D eigenvalue weighted by Gasteiger charge is -2.11. The van der Waals surface area contributed by atoms with Gasteiger partial charge in [-0.2, -0.15) is 0 Å². The lowest BCUT2D eigenvalue weighted by Crippen LogP contribution is -2.36. The molecule has 16 heavy (non-hydrogen) atoms. The van der Waals surface area contributed by atoms with Crippen molar-refractivity contribution in [3.63, 3.8) is 0 Å². The van der Waals surface area contributed by atoms with E-state index in [9.17, 15) is 4.79 Å². The van der Waals surface area contributed by atoms with Crippen molar-refractivity contribution in [1.29, 1.82) is 0 Å². The van der Waals surface area contributed by atoms with Crippen LogP contribution in [0, 0.1) is 11.8 Å². The molecule has 0 saturated carbocycles. The molecule has 1 atom stereocenters. The van der Waals surface area contributed by atoms with Crippen molar-refractivity contribution in [2.24, 2.45) is 11.8 Å². The van der Waals surface area contributed by atoms with Gasteiger partial charge in [0.2, 0.25) is 5.91 Å². The second kappa shape index (κ2) is 9.60. The first-order chi connectivity index (χ1) is 7.56. The van der Waals surface area contributed by atoms with Crippen LogP contribution in [0.25, 0.3) is 0 Å². The van der Waals surface area contributed by atoms with Gasteiger partial charge < -0.3 is 15.7 Å². The number of nitrogens with one attached hydrogen (secondary N) is 2. The van der Waals surface area contributed by atoms with Crippen LogP contribution < -0.4 is 10.6 Å². The fourth-order valence-electron chi connectivity index (χ4n) is 1.32. The van der Waals surface area contributed by atoms with E-state index in [4.69, 9.17) is 5.11 Å². The number of carbonyl (C=O) groups is 1. The van der Waals surface area contributed by atoms with E-state index in [2.05, 4.69) is 31.4 Å². The van der Waals surface area contributed by atoms with Gasteiger partial charge in [-0.25, -0.2) is 0 Å². The van der Waals surface area contributed by atoms with Gasteiger partial charge in [0.1, 0.15) is 0 Å². The van der Waals surface area contributed by atoms with Crippen molar-refractivity contribution in [2.45, 2.75) is 33.6 Å². The van der Waals surface area contributed by atoms with Crippen molar-refractivity contribution in [3.8, 4) is 0 Å². The molecule has 0 fully saturated rings. The highest BCUT2D eigenvalue weighted by Crippen LogP contribution is 1.97. The maximum absolute atomic E-state index is 11.3. The minimum Gasteiger partial charge on any atom is -0.396 e. The summed E-state index contributed by atoms with van der Waals surface area (Å²) in [6, 6.07) is 0. The number of amides is 1. The molecule has 0 rings (SSSR count). The molecule has 0 spiro atoms. The molecule has 1 unspecified atom stereocenters. The van der Waals surface area contributed by atoms with E-state index >= 15 is 0 Å². The zero-order chi connectivity index (χ0) is 12.4. The predicted octanol–water partition coefficient (Wildman–Crippen LogP) is 0.757. The zero-order valence-corrected chi connectivity index (χ0v) is 10.8. The van der Waals surface area contributed by atoms with Gasteiger partial charge in [0.05, 0.1) is 6.54 Å². The Morgan fingerprint density at radius 3 is 2.50 bits per heavy atom. The van der Waals surface area contributed by atoms with Gasteiger partial charge in [-0.15, -0.1) is 0 Å². The number of aliphatic hydroxyl groups excluding tert-OH is 1. The topological polar surface area (TPSA) is 61.4 Å². The highest BCUT2D eigenvalue weighted by molar-refractivity contribution is 5.77. The van der Waals surface area contributed by atoms with E-state index in [1.165, 1.54) is 0 Å². The second-order valence-corrected chi connectivity index (χ2v) is 4.78. The fraction of sp³-hybridized carbons (Fsp3) is 0.917. The van der Waals surface area contributed by atoms with Crippen molar-refractivity contribution >= 4 is 5.91 Å². The fourth-order valence-corrected chi connectivity index (χ4v) is 1.32. The number of hydrogen-bond donors (Lipinski definition) is 3. The van der Waals surface area contributed by atoms with Gasteiger partial charge in [-0.1, -0.05) is 20.8 Å². The van der Waals surface area contributed by atoms with E-state index in [1.54, 1.807) is 0 Å². The summed E-state index contributed by atoms with van der Waals surface area (Å²) in [4.78, 5) is 11.3. The van der Waals surface area contributed by atoms with Crippen LogP contribution in [0.2, 0.25) is 0 Å². The smallest absolute Gasteiger partial charge is 0.233 e. The molecule has 0 heterocycles. The molecular weight excluding hydrogens is 204 g/mol. The number of rotatable bonds is 9. The van der Waals surface area contributed by atoms with E-state index < -0.39 is 0 Å². The van der Waals surface area contributed by atoms with Crippen LogP contribution in [0.15, 0.2) is 0 Å². The molecule has 4 nitrogen and oxygen atoms in total. The molecule has 3 N–H and O–H groups in total. The predicted molar refractivity (Wildman–Crippen MR) is 66.2 cm³/mol. The van der Waals surface area contributed by atoms with Gasteiger partial charge in [0.15, 0.2) is 0 Å². The molecule has 0 bridgehead atoms. The average Bonchev–Trinajstić information content (AvgIpc) is 2.17. The first-order valence-electron chi connectivity index (χ1n) is 6.14. The molecular formula is C12H26N2O2. The lowest BCUT2D eigenvalue weighted by molar-refractivity contribution is -0.120. The van der Waals surface area contributed by atoms with Gasteiger partial charge >= 0.3 is 0 Å². The normalized spacial score (nSPS) is 12.8. The third-order valence-electron chi connectivity index (χ3n) is 2.44. The average molecular weight is 230 g/mol. The van der Waals surface area contributed by atoms with Gasteiger partial charge in [-0.3, -0.25) is 4.79 Å². The summed E-state index contributed by atoms with van der Waals surface area (Å²) in [6.45, 7) is 8.45. The van der Waals surface area contributed by atoms with Crippen LogP contribution in [0.4, 0.5) is 0 Å². The largest absolute Gasteiger partial charge is 0.396 e. The maximum atomic E-state index is 11.3. The molecule has 0 aromatic heterocycles. The third kappa shape index (κ3) is 9.93. The molecule has 0 aromatic rings. The Hall–Kier alpha value is -0.610. The SMILES string of the molecule is CC(C)CCNC(=O)CNCC(C)CCO. The molecule has 1 amide bonds.